The van der Waals surface area contributed by atoms with Gasteiger partial charge in [-0.2, -0.15) is 0 Å². The molecule has 0 aliphatic carbocycles. The molecule has 128 valence electrons. The molecule has 1 heterocycles. The first-order valence-corrected chi connectivity index (χ1v) is 8.63. The molecule has 1 saturated heterocycles. The van der Waals surface area contributed by atoms with Crippen LogP contribution in [0.15, 0.2) is 30.3 Å². The van der Waals surface area contributed by atoms with E-state index in [1.165, 1.54) is 5.56 Å². The third kappa shape index (κ3) is 5.87. The average molecular weight is 318 g/mol. The Morgan fingerprint density at radius 3 is 2.65 bits per heavy atom. The van der Waals surface area contributed by atoms with E-state index < -0.39 is 5.60 Å². The Morgan fingerprint density at radius 1 is 1.35 bits per heavy atom. The van der Waals surface area contributed by atoms with Crippen molar-refractivity contribution in [3.05, 3.63) is 35.9 Å². The van der Waals surface area contributed by atoms with E-state index in [1.807, 2.05) is 26.8 Å². The Hall–Kier alpha value is -1.55. The molecule has 0 saturated carbocycles. The van der Waals surface area contributed by atoms with E-state index in [0.29, 0.717) is 5.92 Å². The standard InChI is InChI=1S/C19H30N2O2/c1-5-17(20-18(22)23-19(2,3)4)16-11-12-21(14-16)13-15-9-7-6-8-10-15/h6-10,16-17H,5,11-14H2,1-4H3,(H,20,22). The van der Waals surface area contributed by atoms with Crippen LogP contribution in [0.5, 0.6) is 0 Å². The quantitative estimate of drug-likeness (QED) is 0.897. The molecule has 1 N–H and O–H groups in total. The van der Waals surface area contributed by atoms with Gasteiger partial charge in [-0.3, -0.25) is 4.90 Å². The number of amides is 1. The van der Waals surface area contributed by atoms with E-state index in [-0.39, 0.29) is 12.1 Å². The Kier molecular flexibility index (Phi) is 6.05. The summed E-state index contributed by atoms with van der Waals surface area (Å²) in [7, 11) is 0. The Bertz CT molecular complexity index is 496. The van der Waals surface area contributed by atoms with Crippen molar-refractivity contribution >= 4 is 6.09 Å². The molecule has 4 heteroatoms. The molecule has 2 rings (SSSR count). The zero-order valence-electron chi connectivity index (χ0n) is 14.8. The van der Waals surface area contributed by atoms with Gasteiger partial charge in [0.05, 0.1) is 0 Å². The van der Waals surface area contributed by atoms with Crippen molar-refractivity contribution in [2.45, 2.75) is 58.7 Å². The van der Waals surface area contributed by atoms with Gasteiger partial charge in [-0.1, -0.05) is 37.3 Å². The number of likely N-dealkylation sites (tertiary alicyclic amines) is 1. The van der Waals surface area contributed by atoms with Crippen LogP contribution in [0.1, 0.15) is 46.1 Å². The van der Waals surface area contributed by atoms with Crippen molar-refractivity contribution in [3.63, 3.8) is 0 Å². The Labute approximate surface area is 140 Å². The number of alkyl carbamates (subject to hydrolysis) is 1. The molecule has 2 unspecified atom stereocenters. The van der Waals surface area contributed by atoms with Gasteiger partial charge in [0.2, 0.25) is 0 Å². The second-order valence-electron chi connectivity index (χ2n) is 7.43. The fourth-order valence-corrected chi connectivity index (χ4v) is 3.19. The molecule has 1 aliphatic heterocycles. The van der Waals surface area contributed by atoms with Gasteiger partial charge >= 0.3 is 6.09 Å². The number of hydrogen-bond donors (Lipinski definition) is 1. The summed E-state index contributed by atoms with van der Waals surface area (Å²) in [5.41, 5.74) is 0.901. The molecular formula is C19H30N2O2. The third-order valence-electron chi connectivity index (χ3n) is 4.27. The van der Waals surface area contributed by atoms with E-state index in [0.717, 1.165) is 32.5 Å². The lowest BCUT2D eigenvalue weighted by Gasteiger charge is -2.26. The maximum absolute atomic E-state index is 12.0. The fourth-order valence-electron chi connectivity index (χ4n) is 3.19. The number of carbonyl (C=O) groups excluding carboxylic acids is 1. The van der Waals surface area contributed by atoms with Crippen LogP contribution in [0.25, 0.3) is 0 Å². The number of benzene rings is 1. The summed E-state index contributed by atoms with van der Waals surface area (Å²) in [5, 5.41) is 3.06. The minimum absolute atomic E-state index is 0.186. The minimum atomic E-state index is -0.447. The highest BCUT2D eigenvalue weighted by atomic mass is 16.6. The maximum atomic E-state index is 12.0. The molecule has 1 fully saturated rings. The van der Waals surface area contributed by atoms with Gasteiger partial charge in [0.25, 0.3) is 0 Å². The molecule has 4 nitrogen and oxygen atoms in total. The highest BCUT2D eigenvalue weighted by Gasteiger charge is 2.30. The molecule has 0 aromatic heterocycles. The number of carbonyl (C=O) groups is 1. The summed E-state index contributed by atoms with van der Waals surface area (Å²) in [5.74, 6) is 0.497. The first-order valence-electron chi connectivity index (χ1n) is 8.63. The van der Waals surface area contributed by atoms with E-state index in [1.54, 1.807) is 0 Å². The minimum Gasteiger partial charge on any atom is -0.444 e. The number of hydrogen-bond acceptors (Lipinski definition) is 3. The predicted octanol–water partition coefficient (Wildman–Crippen LogP) is 3.81. The topological polar surface area (TPSA) is 41.6 Å². The van der Waals surface area contributed by atoms with E-state index in [4.69, 9.17) is 4.74 Å². The number of ether oxygens (including phenoxy) is 1. The molecular weight excluding hydrogens is 288 g/mol. The first-order chi connectivity index (χ1) is 10.9. The molecule has 0 bridgehead atoms. The molecule has 23 heavy (non-hydrogen) atoms. The number of nitrogens with zero attached hydrogens (tertiary/aromatic N) is 1. The van der Waals surface area contributed by atoms with Crippen molar-refractivity contribution < 1.29 is 9.53 Å². The monoisotopic (exact) mass is 318 g/mol. The molecule has 1 amide bonds. The summed E-state index contributed by atoms with van der Waals surface area (Å²) in [6, 6.07) is 10.7. The largest absolute Gasteiger partial charge is 0.444 e. The van der Waals surface area contributed by atoms with Crippen LogP contribution < -0.4 is 5.32 Å². The van der Waals surface area contributed by atoms with Crippen molar-refractivity contribution in [3.8, 4) is 0 Å². The zero-order valence-corrected chi connectivity index (χ0v) is 14.8. The maximum Gasteiger partial charge on any atom is 0.407 e. The van der Waals surface area contributed by atoms with E-state index in [9.17, 15) is 4.79 Å². The molecule has 2 atom stereocenters. The Morgan fingerprint density at radius 2 is 2.04 bits per heavy atom. The van der Waals surface area contributed by atoms with Gasteiger partial charge in [0, 0.05) is 19.1 Å². The molecule has 1 aliphatic rings. The summed E-state index contributed by atoms with van der Waals surface area (Å²) < 4.78 is 5.39. The molecule has 1 aromatic carbocycles. The van der Waals surface area contributed by atoms with Crippen molar-refractivity contribution in [2.24, 2.45) is 5.92 Å². The molecule has 1 aromatic rings. The third-order valence-corrected chi connectivity index (χ3v) is 4.27. The van der Waals surface area contributed by atoms with Crippen LogP contribution >= 0.6 is 0 Å². The second kappa shape index (κ2) is 7.82. The number of nitrogens with one attached hydrogen (secondary N) is 1. The van der Waals surface area contributed by atoms with Gasteiger partial charge < -0.3 is 10.1 Å². The molecule has 0 radical (unpaired) electrons. The number of rotatable bonds is 5. The van der Waals surface area contributed by atoms with Gasteiger partial charge in [-0.25, -0.2) is 4.79 Å². The van der Waals surface area contributed by atoms with Crippen LogP contribution in [0.2, 0.25) is 0 Å². The van der Waals surface area contributed by atoms with Gasteiger partial charge in [0.15, 0.2) is 0 Å². The second-order valence-corrected chi connectivity index (χ2v) is 7.43. The van der Waals surface area contributed by atoms with Crippen molar-refractivity contribution in [2.75, 3.05) is 13.1 Å². The SMILES string of the molecule is CCC(NC(=O)OC(C)(C)C)C1CCN(Cc2ccccc2)C1. The molecule has 0 spiro atoms. The zero-order chi connectivity index (χ0) is 16.9. The average Bonchev–Trinajstić information content (AvgIpc) is 2.92. The normalized spacial score (nSPS) is 20.3. The highest BCUT2D eigenvalue weighted by Crippen LogP contribution is 2.23. The highest BCUT2D eigenvalue weighted by molar-refractivity contribution is 5.68. The van der Waals surface area contributed by atoms with Crippen LogP contribution in [0.4, 0.5) is 4.79 Å². The van der Waals surface area contributed by atoms with E-state index in [2.05, 4.69) is 41.4 Å². The summed E-state index contributed by atoms with van der Waals surface area (Å²) in [4.78, 5) is 14.5. The van der Waals surface area contributed by atoms with Gasteiger partial charge in [0.1, 0.15) is 5.60 Å². The predicted molar refractivity (Wildman–Crippen MR) is 93.3 cm³/mol. The lowest BCUT2D eigenvalue weighted by atomic mass is 9.97. The first kappa shape index (κ1) is 17.8. The summed E-state index contributed by atoms with van der Waals surface area (Å²) in [6.45, 7) is 10.9. The van der Waals surface area contributed by atoms with E-state index >= 15 is 0 Å². The van der Waals surface area contributed by atoms with Crippen LogP contribution in [0.3, 0.4) is 0 Å². The summed E-state index contributed by atoms with van der Waals surface area (Å²) in [6.07, 6.45) is 1.76. The fraction of sp³-hybridized carbons (Fsp3) is 0.632. The smallest absolute Gasteiger partial charge is 0.407 e. The van der Waals surface area contributed by atoms with Gasteiger partial charge in [-0.05, 0) is 51.6 Å². The lowest BCUT2D eigenvalue weighted by Crippen LogP contribution is -2.43. The van der Waals surface area contributed by atoms with Crippen LogP contribution in [-0.2, 0) is 11.3 Å². The van der Waals surface area contributed by atoms with Crippen LogP contribution in [-0.4, -0.2) is 35.7 Å². The lowest BCUT2D eigenvalue weighted by molar-refractivity contribution is 0.0484. The summed E-state index contributed by atoms with van der Waals surface area (Å²) >= 11 is 0. The Balaban J connectivity index is 1.84. The van der Waals surface area contributed by atoms with Crippen molar-refractivity contribution in [1.82, 2.24) is 10.2 Å². The van der Waals surface area contributed by atoms with Crippen LogP contribution in [0, 0.1) is 5.92 Å². The van der Waals surface area contributed by atoms with Gasteiger partial charge in [-0.15, -0.1) is 0 Å². The van der Waals surface area contributed by atoms with Crippen molar-refractivity contribution in [1.29, 1.82) is 0 Å².